The first-order valence-electron chi connectivity index (χ1n) is 4.89. The van der Waals surface area contributed by atoms with Crippen molar-refractivity contribution in [3.63, 3.8) is 0 Å². The molecule has 2 nitrogen and oxygen atoms in total. The van der Waals surface area contributed by atoms with Crippen molar-refractivity contribution in [2.75, 3.05) is 11.0 Å². The van der Waals surface area contributed by atoms with E-state index in [9.17, 15) is 8.42 Å². The topological polar surface area (TPSA) is 34.1 Å². The van der Waals surface area contributed by atoms with Crippen LogP contribution in [0.3, 0.4) is 0 Å². The summed E-state index contributed by atoms with van der Waals surface area (Å²) in [5, 5.41) is -0.234. The van der Waals surface area contributed by atoms with Gasteiger partial charge in [0.05, 0.1) is 5.75 Å². The van der Waals surface area contributed by atoms with Gasteiger partial charge in [-0.1, -0.05) is 39.0 Å². The van der Waals surface area contributed by atoms with Crippen LogP contribution in [0.25, 0.3) is 0 Å². The largest absolute Gasteiger partial charge is 0.228 e. The van der Waals surface area contributed by atoms with Crippen LogP contribution in [0.5, 0.6) is 0 Å². The molecule has 0 fully saturated rings. The monoisotopic (exact) mass is 226 g/mol. The average molecular weight is 227 g/mol. The first-order chi connectivity index (χ1) is 6.12. The van der Waals surface area contributed by atoms with E-state index in [0.717, 1.165) is 19.3 Å². The summed E-state index contributed by atoms with van der Waals surface area (Å²) in [6.07, 6.45) is 6.61. The lowest BCUT2D eigenvalue weighted by molar-refractivity contribution is 0.587. The Morgan fingerprint density at radius 3 is 2.08 bits per heavy atom. The van der Waals surface area contributed by atoms with Crippen molar-refractivity contribution in [1.82, 2.24) is 0 Å². The fourth-order valence-electron chi connectivity index (χ4n) is 1.16. The van der Waals surface area contributed by atoms with E-state index < -0.39 is 9.84 Å². The maximum Gasteiger partial charge on any atom is 0.164 e. The minimum absolute atomic E-state index is 0.234. The second kappa shape index (κ2) is 7.63. The molecule has 0 aliphatic carbocycles. The van der Waals surface area contributed by atoms with Crippen molar-refractivity contribution in [3.05, 3.63) is 0 Å². The number of sulfone groups is 1. The second-order valence-electron chi connectivity index (χ2n) is 3.32. The third-order valence-electron chi connectivity index (χ3n) is 1.98. The molecule has 0 aliphatic rings. The van der Waals surface area contributed by atoms with Gasteiger partial charge >= 0.3 is 0 Å². The van der Waals surface area contributed by atoms with Gasteiger partial charge in [-0.2, -0.15) is 0 Å². The number of hydrogen-bond acceptors (Lipinski definition) is 2. The number of alkyl halides is 1. The van der Waals surface area contributed by atoms with Crippen LogP contribution in [0.15, 0.2) is 0 Å². The first kappa shape index (κ1) is 13.2. The fourth-order valence-corrected chi connectivity index (χ4v) is 2.24. The molecule has 0 saturated heterocycles. The summed E-state index contributed by atoms with van der Waals surface area (Å²) in [6, 6.07) is 0. The maximum atomic E-state index is 11.0. The van der Waals surface area contributed by atoms with Crippen molar-refractivity contribution in [3.8, 4) is 0 Å². The van der Waals surface area contributed by atoms with Crippen LogP contribution in [-0.4, -0.2) is 19.4 Å². The molecule has 0 amide bonds. The normalized spacial score (nSPS) is 11.8. The van der Waals surface area contributed by atoms with Gasteiger partial charge < -0.3 is 0 Å². The Hall–Kier alpha value is 0.240. The summed E-state index contributed by atoms with van der Waals surface area (Å²) in [5.41, 5.74) is 0. The van der Waals surface area contributed by atoms with Gasteiger partial charge in [-0.25, -0.2) is 8.42 Å². The van der Waals surface area contributed by atoms with E-state index in [1.54, 1.807) is 0 Å². The van der Waals surface area contributed by atoms with Gasteiger partial charge in [0.1, 0.15) is 5.21 Å². The lowest BCUT2D eigenvalue weighted by Gasteiger charge is -2.00. The zero-order valence-electron chi connectivity index (χ0n) is 8.26. The van der Waals surface area contributed by atoms with Crippen molar-refractivity contribution in [2.24, 2.45) is 0 Å². The Balaban J connectivity index is 3.26. The van der Waals surface area contributed by atoms with Crippen molar-refractivity contribution >= 4 is 21.4 Å². The highest BCUT2D eigenvalue weighted by atomic mass is 35.5. The minimum atomic E-state index is -2.95. The first-order valence-corrected chi connectivity index (χ1v) is 7.24. The van der Waals surface area contributed by atoms with Crippen LogP contribution in [0.4, 0.5) is 0 Å². The molecule has 0 aromatic heterocycles. The van der Waals surface area contributed by atoms with E-state index in [4.69, 9.17) is 11.6 Å². The third-order valence-corrected chi connectivity index (χ3v) is 4.22. The van der Waals surface area contributed by atoms with Crippen LogP contribution in [0, 0.1) is 0 Å². The number of unbranched alkanes of at least 4 members (excludes halogenated alkanes) is 5. The molecule has 0 rings (SSSR count). The van der Waals surface area contributed by atoms with Crippen LogP contribution in [0.2, 0.25) is 0 Å². The smallest absolute Gasteiger partial charge is 0.164 e. The molecule has 80 valence electrons. The SMILES string of the molecule is CCCCCCCCS(=O)(=O)CCl. The number of hydrogen-bond donors (Lipinski definition) is 0. The minimum Gasteiger partial charge on any atom is -0.228 e. The number of halogens is 1. The van der Waals surface area contributed by atoms with E-state index in [2.05, 4.69) is 6.92 Å². The predicted octanol–water partition coefficient (Wildman–Crippen LogP) is 2.96. The Bertz CT molecular complexity index is 200. The van der Waals surface area contributed by atoms with E-state index in [0.29, 0.717) is 0 Å². The van der Waals surface area contributed by atoms with Crippen LogP contribution >= 0.6 is 11.6 Å². The van der Waals surface area contributed by atoms with Gasteiger partial charge in [0.25, 0.3) is 0 Å². The molecule has 0 bridgehead atoms. The van der Waals surface area contributed by atoms with Gasteiger partial charge in [0, 0.05) is 0 Å². The molecule has 0 spiro atoms. The standard InChI is InChI=1S/C9H19ClO2S/c1-2-3-4-5-6-7-8-13(11,12)9-10/h2-9H2,1H3. The second-order valence-corrected chi connectivity index (χ2v) is 6.09. The Morgan fingerprint density at radius 2 is 1.54 bits per heavy atom. The highest BCUT2D eigenvalue weighted by Gasteiger charge is 2.06. The summed E-state index contributed by atoms with van der Waals surface area (Å²) in [6.45, 7) is 2.16. The highest BCUT2D eigenvalue weighted by Crippen LogP contribution is 2.07. The summed E-state index contributed by atoms with van der Waals surface area (Å²) in [4.78, 5) is 0. The third kappa shape index (κ3) is 8.57. The summed E-state index contributed by atoms with van der Waals surface area (Å²) in [5.74, 6) is 0.253. The molecule has 0 saturated carbocycles. The molecule has 0 heterocycles. The van der Waals surface area contributed by atoms with Crippen LogP contribution < -0.4 is 0 Å². The molecular formula is C9H19ClO2S. The zero-order valence-corrected chi connectivity index (χ0v) is 9.83. The van der Waals surface area contributed by atoms with Gasteiger partial charge in [-0.15, -0.1) is 11.6 Å². The van der Waals surface area contributed by atoms with Crippen molar-refractivity contribution in [2.45, 2.75) is 45.4 Å². The molecule has 0 aliphatic heterocycles. The molecule has 0 aromatic carbocycles. The fraction of sp³-hybridized carbons (Fsp3) is 1.00. The molecule has 4 heteroatoms. The highest BCUT2D eigenvalue weighted by molar-refractivity contribution is 7.92. The van der Waals surface area contributed by atoms with Crippen molar-refractivity contribution in [1.29, 1.82) is 0 Å². The van der Waals surface area contributed by atoms with E-state index in [-0.39, 0.29) is 11.0 Å². The molecular weight excluding hydrogens is 208 g/mol. The van der Waals surface area contributed by atoms with Crippen LogP contribution in [-0.2, 0) is 9.84 Å². The number of rotatable bonds is 8. The quantitative estimate of drug-likeness (QED) is 0.471. The van der Waals surface area contributed by atoms with Crippen molar-refractivity contribution < 1.29 is 8.42 Å². The molecule has 0 N–H and O–H groups in total. The Morgan fingerprint density at radius 1 is 1.00 bits per heavy atom. The van der Waals surface area contributed by atoms with Gasteiger partial charge in [0.2, 0.25) is 0 Å². The van der Waals surface area contributed by atoms with E-state index in [1.165, 1.54) is 19.3 Å². The van der Waals surface area contributed by atoms with Crippen LogP contribution in [0.1, 0.15) is 45.4 Å². The average Bonchev–Trinajstić information content (AvgIpc) is 2.11. The maximum absolute atomic E-state index is 11.0. The van der Waals surface area contributed by atoms with E-state index in [1.807, 2.05) is 0 Å². The Labute approximate surface area is 86.6 Å². The summed E-state index contributed by atoms with van der Waals surface area (Å²) >= 11 is 5.27. The lowest BCUT2D eigenvalue weighted by Crippen LogP contribution is -2.06. The van der Waals surface area contributed by atoms with E-state index >= 15 is 0 Å². The van der Waals surface area contributed by atoms with Gasteiger partial charge in [-0.3, -0.25) is 0 Å². The molecule has 0 aromatic rings. The Kier molecular flexibility index (Phi) is 7.77. The summed E-state index contributed by atoms with van der Waals surface area (Å²) < 4.78 is 21.9. The zero-order chi connectivity index (χ0) is 10.2. The summed E-state index contributed by atoms with van der Waals surface area (Å²) in [7, 11) is -2.95. The lowest BCUT2D eigenvalue weighted by atomic mass is 10.1. The molecule has 13 heavy (non-hydrogen) atoms. The van der Waals surface area contributed by atoms with Gasteiger partial charge in [-0.05, 0) is 6.42 Å². The predicted molar refractivity (Wildman–Crippen MR) is 57.9 cm³/mol. The molecule has 0 unspecified atom stereocenters. The molecule has 0 atom stereocenters. The van der Waals surface area contributed by atoms with Gasteiger partial charge in [0.15, 0.2) is 9.84 Å². The molecule has 0 radical (unpaired) electrons.